The van der Waals surface area contributed by atoms with E-state index in [1.54, 1.807) is 42.5 Å². The second-order valence-corrected chi connectivity index (χ2v) is 9.81. The van der Waals surface area contributed by atoms with E-state index in [4.69, 9.17) is 18.9 Å². The molecule has 6 rings (SSSR count). The first-order valence-corrected chi connectivity index (χ1v) is 13.2. The van der Waals surface area contributed by atoms with Crippen molar-refractivity contribution >= 4 is 34.4 Å². The summed E-state index contributed by atoms with van der Waals surface area (Å²) in [6.07, 6.45) is 0.0440. The molecule has 0 aliphatic carbocycles. The van der Waals surface area contributed by atoms with Gasteiger partial charge in [-0.1, -0.05) is 48.2 Å². The Hall–Kier alpha value is -4.51. The van der Waals surface area contributed by atoms with E-state index in [2.05, 4.69) is 10.3 Å². The summed E-state index contributed by atoms with van der Waals surface area (Å²) < 4.78 is 23.0. The first-order valence-electron chi connectivity index (χ1n) is 12.3. The van der Waals surface area contributed by atoms with Crippen LogP contribution in [0.2, 0.25) is 0 Å². The number of benzene rings is 3. The van der Waals surface area contributed by atoms with Gasteiger partial charge in [-0.2, -0.15) is 0 Å². The lowest BCUT2D eigenvalue weighted by Crippen LogP contribution is -2.28. The molecule has 11 heteroatoms. The van der Waals surface area contributed by atoms with Gasteiger partial charge in [-0.3, -0.25) is 19.0 Å². The van der Waals surface area contributed by atoms with Gasteiger partial charge in [0.2, 0.25) is 19.5 Å². The molecular formula is C28H23N3O7S. The Morgan fingerprint density at radius 3 is 2.41 bits per heavy atom. The van der Waals surface area contributed by atoms with Gasteiger partial charge in [-0.05, 0) is 23.8 Å². The molecule has 0 spiro atoms. The van der Waals surface area contributed by atoms with Gasteiger partial charge in [0.05, 0.1) is 16.7 Å². The van der Waals surface area contributed by atoms with Gasteiger partial charge >= 0.3 is 0 Å². The third-order valence-electron chi connectivity index (χ3n) is 6.33. The molecule has 0 unspecified atom stereocenters. The van der Waals surface area contributed by atoms with Crippen LogP contribution in [-0.4, -0.2) is 40.6 Å². The van der Waals surface area contributed by atoms with E-state index in [0.29, 0.717) is 51.2 Å². The van der Waals surface area contributed by atoms with Crippen LogP contribution in [-0.2, 0) is 17.9 Å². The largest absolute Gasteiger partial charge is 0.454 e. The predicted molar refractivity (Wildman–Crippen MR) is 143 cm³/mol. The monoisotopic (exact) mass is 545 g/mol. The van der Waals surface area contributed by atoms with Gasteiger partial charge in [-0.25, -0.2) is 4.98 Å². The van der Waals surface area contributed by atoms with Crippen molar-refractivity contribution in [2.24, 2.45) is 0 Å². The highest BCUT2D eigenvalue weighted by Gasteiger charge is 2.20. The lowest BCUT2D eigenvalue weighted by Gasteiger charge is -2.13. The number of hydrogen-bond donors (Lipinski definition) is 1. The van der Waals surface area contributed by atoms with Crippen molar-refractivity contribution in [3.63, 3.8) is 0 Å². The SMILES string of the molecule is O=C(CCn1c(SCC(=O)c2ccccc2)nc2cc3c(cc2c1=O)OCO3)NCc1ccc2c(c1)OCO2. The van der Waals surface area contributed by atoms with Gasteiger partial charge in [-0.15, -0.1) is 0 Å². The highest BCUT2D eigenvalue weighted by Crippen LogP contribution is 2.35. The average Bonchev–Trinajstić information content (AvgIpc) is 3.62. The number of carbonyl (C=O) groups is 2. The zero-order valence-electron chi connectivity index (χ0n) is 20.7. The summed E-state index contributed by atoms with van der Waals surface area (Å²) in [5, 5.41) is 3.57. The first-order chi connectivity index (χ1) is 19.0. The van der Waals surface area contributed by atoms with Crippen molar-refractivity contribution in [2.45, 2.75) is 24.7 Å². The fourth-order valence-corrected chi connectivity index (χ4v) is 5.21. The van der Waals surface area contributed by atoms with Gasteiger partial charge < -0.3 is 24.3 Å². The van der Waals surface area contributed by atoms with Crippen molar-refractivity contribution in [3.8, 4) is 23.0 Å². The molecule has 3 aromatic carbocycles. The maximum absolute atomic E-state index is 13.5. The number of nitrogens with one attached hydrogen (secondary N) is 1. The second kappa shape index (κ2) is 10.7. The molecule has 0 saturated heterocycles. The van der Waals surface area contributed by atoms with E-state index in [-0.39, 0.29) is 49.6 Å². The number of Topliss-reactive ketones (excluding diaryl/α,β-unsaturated/α-hetero) is 1. The van der Waals surface area contributed by atoms with Gasteiger partial charge in [0.1, 0.15) is 0 Å². The molecule has 2 aliphatic rings. The summed E-state index contributed by atoms with van der Waals surface area (Å²) in [6, 6.07) is 17.7. The molecule has 4 aromatic rings. The van der Waals surface area contributed by atoms with Crippen molar-refractivity contribution in [3.05, 3.63) is 82.1 Å². The molecule has 1 N–H and O–H groups in total. The fraction of sp³-hybridized carbons (Fsp3) is 0.214. The van der Waals surface area contributed by atoms with Crippen LogP contribution < -0.4 is 29.8 Å². The van der Waals surface area contributed by atoms with Crippen molar-refractivity contribution in [2.75, 3.05) is 19.3 Å². The number of hydrogen-bond acceptors (Lipinski definition) is 9. The van der Waals surface area contributed by atoms with Crippen LogP contribution in [0.25, 0.3) is 10.9 Å². The van der Waals surface area contributed by atoms with E-state index in [0.717, 1.165) is 17.3 Å². The second-order valence-electron chi connectivity index (χ2n) is 8.87. The summed E-state index contributed by atoms with van der Waals surface area (Å²) in [5.74, 6) is 2.05. The van der Waals surface area contributed by atoms with E-state index in [9.17, 15) is 14.4 Å². The van der Waals surface area contributed by atoms with Crippen molar-refractivity contribution < 1.29 is 28.5 Å². The number of carbonyl (C=O) groups excluding carboxylic acids is 2. The number of fused-ring (bicyclic) bond motifs is 3. The standard InChI is InChI=1S/C28H23N3O7S/c32-21(18-4-2-1-3-5-18)14-39-28-30-20-12-25-24(37-16-38-25)11-19(20)27(34)31(28)9-8-26(33)29-13-17-6-7-22-23(10-17)36-15-35-22/h1-7,10-12H,8-9,13-16H2,(H,29,33). The third kappa shape index (κ3) is 5.26. The molecule has 0 atom stereocenters. The van der Waals surface area contributed by atoms with Crippen LogP contribution in [0.3, 0.4) is 0 Å². The molecule has 0 radical (unpaired) electrons. The maximum atomic E-state index is 13.5. The quantitative estimate of drug-likeness (QED) is 0.191. The summed E-state index contributed by atoms with van der Waals surface area (Å²) in [7, 11) is 0. The zero-order valence-corrected chi connectivity index (χ0v) is 21.5. The van der Waals surface area contributed by atoms with E-state index < -0.39 is 0 Å². The Bertz CT molecular complexity index is 1640. The number of aromatic nitrogens is 2. The van der Waals surface area contributed by atoms with Crippen LogP contribution in [0.1, 0.15) is 22.3 Å². The summed E-state index contributed by atoms with van der Waals surface area (Å²) >= 11 is 1.16. The molecule has 10 nitrogen and oxygen atoms in total. The number of amides is 1. The molecular weight excluding hydrogens is 522 g/mol. The number of thioether (sulfide) groups is 1. The molecule has 2 aliphatic heterocycles. The van der Waals surface area contributed by atoms with Crippen LogP contribution in [0.4, 0.5) is 0 Å². The van der Waals surface area contributed by atoms with Crippen LogP contribution >= 0.6 is 11.8 Å². The minimum atomic E-state index is -0.323. The minimum absolute atomic E-state index is 0.0440. The van der Waals surface area contributed by atoms with Crippen LogP contribution in [0, 0.1) is 0 Å². The summed E-state index contributed by atoms with van der Waals surface area (Å²) in [4.78, 5) is 43.6. The first kappa shape index (κ1) is 24.8. The summed E-state index contributed by atoms with van der Waals surface area (Å²) in [6.45, 7) is 0.636. The molecule has 0 saturated carbocycles. The van der Waals surface area contributed by atoms with Crippen LogP contribution in [0.15, 0.2) is 70.6 Å². The Kier molecular flexibility index (Phi) is 6.80. The zero-order chi connectivity index (χ0) is 26.8. The number of nitrogens with zero attached hydrogens (tertiary/aromatic N) is 2. The van der Waals surface area contributed by atoms with Gasteiger partial charge in [0.15, 0.2) is 33.9 Å². The highest BCUT2D eigenvalue weighted by atomic mass is 32.2. The van der Waals surface area contributed by atoms with Gasteiger partial charge in [0, 0.05) is 31.1 Å². The fourth-order valence-electron chi connectivity index (χ4n) is 4.29. The highest BCUT2D eigenvalue weighted by molar-refractivity contribution is 7.99. The Labute approximate surface area is 226 Å². The lowest BCUT2D eigenvalue weighted by atomic mass is 10.2. The van der Waals surface area contributed by atoms with Gasteiger partial charge in [0.25, 0.3) is 5.56 Å². The smallest absolute Gasteiger partial charge is 0.262 e. The third-order valence-corrected chi connectivity index (χ3v) is 7.31. The number of rotatable bonds is 9. The molecule has 198 valence electrons. The molecule has 1 aromatic heterocycles. The van der Waals surface area contributed by atoms with E-state index in [1.165, 1.54) is 4.57 Å². The summed E-state index contributed by atoms with van der Waals surface area (Å²) in [5.41, 5.74) is 1.55. The molecule has 3 heterocycles. The van der Waals surface area contributed by atoms with E-state index in [1.807, 2.05) is 18.2 Å². The predicted octanol–water partition coefficient (Wildman–Crippen LogP) is 3.54. The number of ketones is 1. The van der Waals surface area contributed by atoms with Crippen molar-refractivity contribution in [1.29, 1.82) is 0 Å². The molecule has 39 heavy (non-hydrogen) atoms. The Morgan fingerprint density at radius 2 is 1.62 bits per heavy atom. The Balaban J connectivity index is 1.20. The van der Waals surface area contributed by atoms with Crippen molar-refractivity contribution in [1.82, 2.24) is 14.9 Å². The minimum Gasteiger partial charge on any atom is -0.454 e. The van der Waals surface area contributed by atoms with E-state index >= 15 is 0 Å². The normalized spacial score (nSPS) is 13.0. The molecule has 0 bridgehead atoms. The average molecular weight is 546 g/mol. The molecule has 0 fully saturated rings. The lowest BCUT2D eigenvalue weighted by molar-refractivity contribution is -0.121. The maximum Gasteiger partial charge on any atom is 0.262 e. The molecule has 1 amide bonds. The number of ether oxygens (including phenoxy) is 4. The Morgan fingerprint density at radius 1 is 0.897 bits per heavy atom. The topological polar surface area (TPSA) is 118 Å². The van der Waals surface area contributed by atoms with Crippen LogP contribution in [0.5, 0.6) is 23.0 Å².